The molecule has 0 radical (unpaired) electrons. The smallest absolute Gasteiger partial charge is 0.192 e. The largest absolute Gasteiger partial charge is 0.497 e. The van der Waals surface area contributed by atoms with Gasteiger partial charge in [0.2, 0.25) is 0 Å². The fourth-order valence-corrected chi connectivity index (χ4v) is 4.67. The number of ketones is 1. The van der Waals surface area contributed by atoms with E-state index in [1.54, 1.807) is 7.11 Å². The van der Waals surface area contributed by atoms with Gasteiger partial charge in [0.25, 0.3) is 0 Å². The monoisotopic (exact) mass is 437 g/mol. The van der Waals surface area contributed by atoms with Crippen LogP contribution in [0.5, 0.6) is 5.75 Å². The zero-order valence-corrected chi connectivity index (χ0v) is 18.9. The van der Waals surface area contributed by atoms with Crippen LogP contribution in [0, 0.1) is 13.8 Å². The van der Waals surface area contributed by atoms with Gasteiger partial charge in [-0.05, 0) is 56.5 Å². The molecule has 0 aliphatic carbocycles. The van der Waals surface area contributed by atoms with Gasteiger partial charge in [0.1, 0.15) is 5.75 Å². The standard InChI is InChI=1S/C24H27N3O3S/c1-16-6-11-21(17(2)13-16)22(28)15-31-24-26-25-23(18-7-9-19(29-3)10-8-18)27(24)14-20-5-4-12-30-20/h6-11,13,20H,4-5,12,14-15H2,1-3H3. The van der Waals surface area contributed by atoms with Crippen LogP contribution in [0.1, 0.15) is 34.3 Å². The van der Waals surface area contributed by atoms with Crippen molar-refractivity contribution in [3.8, 4) is 17.1 Å². The Kier molecular flexibility index (Phi) is 6.73. The Morgan fingerprint density at radius 3 is 2.68 bits per heavy atom. The fourth-order valence-electron chi connectivity index (χ4n) is 3.84. The molecule has 1 atom stereocenters. The molecule has 31 heavy (non-hydrogen) atoms. The van der Waals surface area contributed by atoms with Gasteiger partial charge >= 0.3 is 0 Å². The lowest BCUT2D eigenvalue weighted by Gasteiger charge is -2.15. The summed E-state index contributed by atoms with van der Waals surface area (Å²) in [6.45, 7) is 5.48. The molecule has 1 unspecified atom stereocenters. The summed E-state index contributed by atoms with van der Waals surface area (Å²) in [6, 6.07) is 13.7. The maximum Gasteiger partial charge on any atom is 0.192 e. The molecule has 0 amide bonds. The van der Waals surface area contributed by atoms with Gasteiger partial charge in [-0.1, -0.05) is 35.5 Å². The molecule has 0 bridgehead atoms. The molecule has 3 aromatic rings. The first kappa shape index (κ1) is 21.6. The van der Waals surface area contributed by atoms with Crippen LogP contribution in [0.25, 0.3) is 11.4 Å². The molecule has 7 heteroatoms. The van der Waals surface area contributed by atoms with Crippen molar-refractivity contribution in [2.24, 2.45) is 0 Å². The van der Waals surface area contributed by atoms with Gasteiger partial charge in [-0.25, -0.2) is 0 Å². The zero-order valence-electron chi connectivity index (χ0n) is 18.1. The van der Waals surface area contributed by atoms with Crippen molar-refractivity contribution in [1.82, 2.24) is 14.8 Å². The van der Waals surface area contributed by atoms with E-state index in [0.29, 0.717) is 12.3 Å². The summed E-state index contributed by atoms with van der Waals surface area (Å²) in [7, 11) is 1.65. The summed E-state index contributed by atoms with van der Waals surface area (Å²) >= 11 is 1.43. The molecule has 1 aliphatic heterocycles. The van der Waals surface area contributed by atoms with E-state index >= 15 is 0 Å². The number of nitrogens with zero attached hydrogens (tertiary/aromatic N) is 3. The van der Waals surface area contributed by atoms with Crippen LogP contribution in [-0.2, 0) is 11.3 Å². The molecule has 4 rings (SSSR count). The lowest BCUT2D eigenvalue weighted by atomic mass is 10.0. The van der Waals surface area contributed by atoms with Crippen LogP contribution >= 0.6 is 11.8 Å². The van der Waals surface area contributed by atoms with Gasteiger partial charge in [0.05, 0.1) is 25.5 Å². The normalized spacial score (nSPS) is 15.9. The van der Waals surface area contributed by atoms with E-state index in [4.69, 9.17) is 9.47 Å². The quantitative estimate of drug-likeness (QED) is 0.375. The molecule has 2 aromatic carbocycles. The van der Waals surface area contributed by atoms with Crippen LogP contribution in [0.4, 0.5) is 0 Å². The second kappa shape index (κ2) is 9.66. The van der Waals surface area contributed by atoms with Crippen molar-refractivity contribution in [2.75, 3.05) is 19.5 Å². The number of thioether (sulfide) groups is 1. The molecule has 162 valence electrons. The van der Waals surface area contributed by atoms with Gasteiger partial charge < -0.3 is 9.47 Å². The third-order valence-corrected chi connectivity index (χ3v) is 6.46. The molecule has 0 spiro atoms. The number of benzene rings is 2. The molecule has 1 aromatic heterocycles. The number of carbonyl (C=O) groups excluding carboxylic acids is 1. The minimum absolute atomic E-state index is 0.0974. The number of aromatic nitrogens is 3. The molecule has 1 aliphatic rings. The molecule has 1 saturated heterocycles. The lowest BCUT2D eigenvalue weighted by Crippen LogP contribution is -2.17. The number of ether oxygens (including phenoxy) is 2. The van der Waals surface area contributed by atoms with Gasteiger partial charge in [-0.15, -0.1) is 10.2 Å². The van der Waals surface area contributed by atoms with Crippen LogP contribution in [0.2, 0.25) is 0 Å². The number of rotatable bonds is 8. The average molecular weight is 438 g/mol. The molecule has 0 N–H and O–H groups in total. The van der Waals surface area contributed by atoms with Crippen molar-refractivity contribution in [2.45, 2.75) is 44.5 Å². The summed E-state index contributed by atoms with van der Waals surface area (Å²) in [5.74, 6) is 1.98. The second-order valence-corrected chi connectivity index (χ2v) is 8.75. The summed E-state index contributed by atoms with van der Waals surface area (Å²) in [5, 5.41) is 9.60. The van der Waals surface area contributed by atoms with Crippen molar-refractivity contribution < 1.29 is 14.3 Å². The highest BCUT2D eigenvalue weighted by molar-refractivity contribution is 7.99. The Bertz CT molecular complexity index is 1060. The third kappa shape index (κ3) is 4.99. The second-order valence-electron chi connectivity index (χ2n) is 7.81. The number of carbonyl (C=O) groups is 1. The predicted octanol–water partition coefficient (Wildman–Crippen LogP) is 4.72. The first-order valence-electron chi connectivity index (χ1n) is 10.5. The number of hydrogen-bond donors (Lipinski definition) is 0. The van der Waals surface area contributed by atoms with E-state index in [1.807, 2.05) is 56.3 Å². The number of aryl methyl sites for hydroxylation is 2. The molecular weight excluding hydrogens is 410 g/mol. The van der Waals surface area contributed by atoms with E-state index in [9.17, 15) is 4.79 Å². The highest BCUT2D eigenvalue weighted by Crippen LogP contribution is 2.28. The number of hydrogen-bond acceptors (Lipinski definition) is 6. The summed E-state index contributed by atoms with van der Waals surface area (Å²) in [4.78, 5) is 12.8. The number of methoxy groups -OCH3 is 1. The Hall–Kier alpha value is -2.64. The Balaban J connectivity index is 1.57. The van der Waals surface area contributed by atoms with E-state index in [0.717, 1.165) is 58.4 Å². The van der Waals surface area contributed by atoms with Gasteiger partial charge in [0.15, 0.2) is 16.8 Å². The molecule has 1 fully saturated rings. The highest BCUT2D eigenvalue weighted by Gasteiger charge is 2.22. The van der Waals surface area contributed by atoms with Gasteiger partial charge in [-0.3, -0.25) is 9.36 Å². The van der Waals surface area contributed by atoms with E-state index in [1.165, 1.54) is 11.8 Å². The predicted molar refractivity (Wildman–Crippen MR) is 122 cm³/mol. The van der Waals surface area contributed by atoms with Crippen LogP contribution in [0.15, 0.2) is 47.6 Å². The van der Waals surface area contributed by atoms with Crippen LogP contribution in [0.3, 0.4) is 0 Å². The van der Waals surface area contributed by atoms with Crippen LogP contribution in [-0.4, -0.2) is 46.1 Å². The first-order valence-corrected chi connectivity index (χ1v) is 11.5. The fraction of sp³-hybridized carbons (Fsp3) is 0.375. The van der Waals surface area contributed by atoms with Crippen molar-refractivity contribution in [1.29, 1.82) is 0 Å². The maximum absolute atomic E-state index is 12.8. The van der Waals surface area contributed by atoms with Crippen molar-refractivity contribution in [3.63, 3.8) is 0 Å². The first-order chi connectivity index (χ1) is 15.0. The molecule has 6 nitrogen and oxygen atoms in total. The molecular formula is C24H27N3O3S. The maximum atomic E-state index is 12.8. The topological polar surface area (TPSA) is 66.2 Å². The van der Waals surface area contributed by atoms with Gasteiger partial charge in [0, 0.05) is 17.7 Å². The summed E-state index contributed by atoms with van der Waals surface area (Å²) in [6.07, 6.45) is 2.23. The van der Waals surface area contributed by atoms with E-state index in [-0.39, 0.29) is 11.9 Å². The SMILES string of the molecule is COc1ccc(-c2nnc(SCC(=O)c3ccc(C)cc3C)n2CC2CCCO2)cc1. The summed E-state index contributed by atoms with van der Waals surface area (Å²) < 4.78 is 13.2. The highest BCUT2D eigenvalue weighted by atomic mass is 32.2. The Morgan fingerprint density at radius 2 is 2.00 bits per heavy atom. The summed E-state index contributed by atoms with van der Waals surface area (Å²) in [5.41, 5.74) is 3.88. The Morgan fingerprint density at radius 1 is 1.19 bits per heavy atom. The van der Waals surface area contributed by atoms with E-state index in [2.05, 4.69) is 14.8 Å². The van der Waals surface area contributed by atoms with Crippen molar-refractivity contribution >= 4 is 17.5 Å². The number of Topliss-reactive ketones (excluding diaryl/α,β-unsaturated/α-hetero) is 1. The molecule has 0 saturated carbocycles. The van der Waals surface area contributed by atoms with E-state index < -0.39 is 0 Å². The Labute approximate surface area is 187 Å². The minimum Gasteiger partial charge on any atom is -0.497 e. The van der Waals surface area contributed by atoms with Crippen LogP contribution < -0.4 is 4.74 Å². The zero-order chi connectivity index (χ0) is 21.8. The average Bonchev–Trinajstić information content (AvgIpc) is 3.42. The molecule has 2 heterocycles. The minimum atomic E-state index is 0.0974. The van der Waals surface area contributed by atoms with Gasteiger partial charge in [-0.2, -0.15) is 0 Å². The lowest BCUT2D eigenvalue weighted by molar-refractivity contribution is 0.0953. The van der Waals surface area contributed by atoms with Crippen molar-refractivity contribution in [3.05, 3.63) is 59.2 Å². The third-order valence-electron chi connectivity index (χ3n) is 5.49.